The summed E-state index contributed by atoms with van der Waals surface area (Å²) in [5.74, 6) is 0. The number of hydrogen-bond donors (Lipinski definition) is 3. The minimum atomic E-state index is -0.818. The quantitative estimate of drug-likeness (QED) is 0.516. The highest BCUT2D eigenvalue weighted by Gasteiger charge is 2.16. The largest absolute Gasteiger partial charge is 0.445 e. The number of alkyl carbamates (subject to hydrolysis) is 1. The van der Waals surface area contributed by atoms with Gasteiger partial charge in [0.1, 0.15) is 6.61 Å². The van der Waals surface area contributed by atoms with Gasteiger partial charge >= 0.3 is 6.09 Å². The molecule has 0 bridgehead atoms. The summed E-state index contributed by atoms with van der Waals surface area (Å²) >= 11 is 0. The molecule has 0 spiro atoms. The normalized spacial score (nSPS) is 14.4. The molecule has 0 radical (unpaired) electrons. The molecule has 13 heavy (non-hydrogen) atoms. The van der Waals surface area contributed by atoms with Crippen LogP contribution >= 0.6 is 0 Å². The van der Waals surface area contributed by atoms with Gasteiger partial charge in [-0.15, -0.1) is 0 Å². The van der Waals surface area contributed by atoms with Crippen molar-refractivity contribution in [1.29, 1.82) is 0 Å². The molecule has 0 aromatic carbocycles. The van der Waals surface area contributed by atoms with Crippen molar-refractivity contribution in [1.82, 2.24) is 5.32 Å². The van der Waals surface area contributed by atoms with Crippen LogP contribution in [0.15, 0.2) is 12.7 Å². The lowest BCUT2D eigenvalue weighted by atomic mass is 10.2. The van der Waals surface area contributed by atoms with E-state index in [4.69, 9.17) is 10.2 Å². The second-order valence-electron chi connectivity index (χ2n) is 2.56. The third-order valence-electron chi connectivity index (χ3n) is 1.41. The highest BCUT2D eigenvalue weighted by molar-refractivity contribution is 5.67. The van der Waals surface area contributed by atoms with Gasteiger partial charge in [0.15, 0.2) is 0 Å². The Kier molecular flexibility index (Phi) is 5.92. The SMILES string of the molecule is C=CCOC(=O)N[C@@H](CO)[C@H](C)O. The molecular formula is C8H15NO4. The Morgan fingerprint density at radius 1 is 1.77 bits per heavy atom. The van der Waals surface area contributed by atoms with E-state index in [1.807, 2.05) is 0 Å². The Morgan fingerprint density at radius 2 is 2.38 bits per heavy atom. The molecule has 0 aromatic rings. The zero-order valence-corrected chi connectivity index (χ0v) is 7.56. The van der Waals surface area contributed by atoms with Gasteiger partial charge in [-0.1, -0.05) is 12.7 Å². The number of nitrogens with one attached hydrogen (secondary N) is 1. The molecule has 0 aliphatic rings. The van der Waals surface area contributed by atoms with Crippen molar-refractivity contribution in [2.45, 2.75) is 19.1 Å². The summed E-state index contributed by atoms with van der Waals surface area (Å²) in [6.45, 7) is 4.60. The number of hydrogen-bond acceptors (Lipinski definition) is 4. The first kappa shape index (κ1) is 11.9. The van der Waals surface area contributed by atoms with Crippen LogP contribution in [0.1, 0.15) is 6.92 Å². The number of carbonyl (C=O) groups is 1. The first-order valence-corrected chi connectivity index (χ1v) is 3.95. The number of amides is 1. The van der Waals surface area contributed by atoms with Crippen LogP contribution in [-0.4, -0.2) is 41.7 Å². The summed E-state index contributed by atoms with van der Waals surface area (Å²) in [5.41, 5.74) is 0. The highest BCUT2D eigenvalue weighted by Crippen LogP contribution is 1.92. The number of aliphatic hydroxyl groups is 2. The van der Waals surface area contributed by atoms with Gasteiger partial charge in [0.2, 0.25) is 0 Å². The van der Waals surface area contributed by atoms with Gasteiger partial charge in [0, 0.05) is 0 Å². The average Bonchev–Trinajstić information content (AvgIpc) is 2.10. The third-order valence-corrected chi connectivity index (χ3v) is 1.41. The van der Waals surface area contributed by atoms with E-state index in [1.165, 1.54) is 13.0 Å². The summed E-state index contributed by atoms with van der Waals surface area (Å²) < 4.78 is 4.58. The van der Waals surface area contributed by atoms with Crippen LogP contribution < -0.4 is 5.32 Å². The Balaban J connectivity index is 3.79. The number of aliphatic hydroxyl groups excluding tert-OH is 2. The van der Waals surface area contributed by atoms with Crippen LogP contribution in [0.2, 0.25) is 0 Å². The third kappa shape index (κ3) is 5.21. The predicted octanol–water partition coefficient (Wildman–Crippen LogP) is -0.360. The fourth-order valence-corrected chi connectivity index (χ4v) is 0.646. The van der Waals surface area contributed by atoms with Crippen LogP contribution in [0.3, 0.4) is 0 Å². The standard InChI is InChI=1S/C8H15NO4/c1-3-4-13-8(12)9-7(5-10)6(2)11/h3,6-7,10-11H,1,4-5H2,2H3,(H,9,12)/t6-,7-/m0/s1. The summed E-state index contributed by atoms with van der Waals surface area (Å²) in [5, 5.41) is 20.0. The van der Waals surface area contributed by atoms with Crippen LogP contribution in [-0.2, 0) is 4.74 Å². The minimum absolute atomic E-state index is 0.101. The molecule has 5 nitrogen and oxygen atoms in total. The van der Waals surface area contributed by atoms with Crippen molar-refractivity contribution in [3.63, 3.8) is 0 Å². The molecule has 0 unspecified atom stereocenters. The van der Waals surface area contributed by atoms with Crippen LogP contribution in [0.5, 0.6) is 0 Å². The number of carbonyl (C=O) groups excluding carboxylic acids is 1. The van der Waals surface area contributed by atoms with E-state index in [9.17, 15) is 4.79 Å². The summed E-state index contributed by atoms with van der Waals surface area (Å²) in [7, 11) is 0. The van der Waals surface area contributed by atoms with E-state index in [2.05, 4.69) is 16.6 Å². The molecule has 5 heteroatoms. The lowest BCUT2D eigenvalue weighted by molar-refractivity contribution is 0.0912. The van der Waals surface area contributed by atoms with Crippen molar-refractivity contribution < 1.29 is 19.7 Å². The highest BCUT2D eigenvalue weighted by atomic mass is 16.5. The molecule has 76 valence electrons. The molecule has 0 fully saturated rings. The van der Waals surface area contributed by atoms with E-state index < -0.39 is 18.2 Å². The second kappa shape index (κ2) is 6.45. The second-order valence-corrected chi connectivity index (χ2v) is 2.56. The first-order valence-electron chi connectivity index (χ1n) is 3.95. The topological polar surface area (TPSA) is 78.8 Å². The zero-order chi connectivity index (χ0) is 10.3. The van der Waals surface area contributed by atoms with Gasteiger partial charge in [-0.2, -0.15) is 0 Å². The van der Waals surface area contributed by atoms with Crippen molar-refractivity contribution >= 4 is 6.09 Å². The molecule has 0 heterocycles. The van der Waals surface area contributed by atoms with Crippen LogP contribution in [0.25, 0.3) is 0 Å². The molecule has 0 aliphatic heterocycles. The Hall–Kier alpha value is -1.07. The van der Waals surface area contributed by atoms with E-state index in [-0.39, 0.29) is 13.2 Å². The fraction of sp³-hybridized carbons (Fsp3) is 0.625. The smallest absolute Gasteiger partial charge is 0.407 e. The van der Waals surface area contributed by atoms with Gasteiger partial charge in [0.05, 0.1) is 18.8 Å². The Bertz CT molecular complexity index is 170. The molecule has 3 N–H and O–H groups in total. The van der Waals surface area contributed by atoms with E-state index in [1.54, 1.807) is 0 Å². The molecule has 1 amide bonds. The Morgan fingerprint density at radius 3 is 2.77 bits per heavy atom. The molecule has 0 rings (SSSR count). The Labute approximate surface area is 77.0 Å². The fourth-order valence-electron chi connectivity index (χ4n) is 0.646. The summed E-state index contributed by atoms with van der Waals surface area (Å²) in [4.78, 5) is 10.9. The maximum Gasteiger partial charge on any atom is 0.407 e. The minimum Gasteiger partial charge on any atom is -0.445 e. The van der Waals surface area contributed by atoms with Gasteiger partial charge in [0.25, 0.3) is 0 Å². The van der Waals surface area contributed by atoms with Gasteiger partial charge < -0.3 is 20.3 Å². The van der Waals surface area contributed by atoms with Crippen molar-refractivity contribution in [2.24, 2.45) is 0 Å². The molecule has 0 saturated carbocycles. The maximum atomic E-state index is 10.9. The van der Waals surface area contributed by atoms with Crippen molar-refractivity contribution in [3.05, 3.63) is 12.7 Å². The first-order chi connectivity index (χ1) is 6.11. The summed E-state index contributed by atoms with van der Waals surface area (Å²) in [6, 6.07) is -0.697. The zero-order valence-electron chi connectivity index (χ0n) is 7.56. The summed E-state index contributed by atoms with van der Waals surface area (Å²) in [6.07, 6.45) is -0.0725. The number of rotatable bonds is 5. The molecular weight excluding hydrogens is 174 g/mol. The van der Waals surface area contributed by atoms with Gasteiger partial charge in [-0.25, -0.2) is 4.79 Å². The molecule has 2 atom stereocenters. The van der Waals surface area contributed by atoms with Crippen LogP contribution in [0.4, 0.5) is 4.79 Å². The maximum absolute atomic E-state index is 10.9. The molecule has 0 aromatic heterocycles. The van der Waals surface area contributed by atoms with E-state index in [0.29, 0.717) is 0 Å². The van der Waals surface area contributed by atoms with E-state index >= 15 is 0 Å². The predicted molar refractivity (Wildman–Crippen MR) is 47.2 cm³/mol. The molecule has 0 aliphatic carbocycles. The van der Waals surface area contributed by atoms with Gasteiger partial charge in [-0.05, 0) is 6.92 Å². The van der Waals surface area contributed by atoms with Gasteiger partial charge in [-0.3, -0.25) is 0 Å². The van der Waals surface area contributed by atoms with Crippen LogP contribution in [0, 0.1) is 0 Å². The molecule has 0 saturated heterocycles. The lowest BCUT2D eigenvalue weighted by Crippen LogP contribution is -2.44. The van der Waals surface area contributed by atoms with Crippen molar-refractivity contribution in [3.8, 4) is 0 Å². The monoisotopic (exact) mass is 189 g/mol. The number of ether oxygens (including phenoxy) is 1. The van der Waals surface area contributed by atoms with E-state index in [0.717, 1.165) is 0 Å². The average molecular weight is 189 g/mol. The lowest BCUT2D eigenvalue weighted by Gasteiger charge is -2.18. The van der Waals surface area contributed by atoms with Crippen molar-refractivity contribution in [2.75, 3.05) is 13.2 Å².